The normalized spacial score (nSPS) is 20.2. The predicted octanol–water partition coefficient (Wildman–Crippen LogP) is 2.41. The molecule has 2 atom stereocenters. The summed E-state index contributed by atoms with van der Waals surface area (Å²) in [5, 5.41) is 13.4. The molecule has 0 saturated carbocycles. The van der Waals surface area contributed by atoms with E-state index in [4.69, 9.17) is 0 Å². The molecule has 7 heteroatoms. The van der Waals surface area contributed by atoms with Crippen LogP contribution in [0.15, 0.2) is 48.1 Å². The van der Waals surface area contributed by atoms with Crippen LogP contribution in [0.1, 0.15) is 28.1 Å². The molecule has 2 aromatic heterocycles. The van der Waals surface area contributed by atoms with E-state index in [1.165, 1.54) is 16.8 Å². The molecule has 4 rings (SSSR count). The number of aromatic nitrogens is 4. The number of rotatable bonds is 5. The van der Waals surface area contributed by atoms with Crippen LogP contribution in [0.2, 0.25) is 0 Å². The Kier molecular flexibility index (Phi) is 3.86. The van der Waals surface area contributed by atoms with Gasteiger partial charge in [0.2, 0.25) is 0 Å². The van der Waals surface area contributed by atoms with Crippen LogP contribution in [0.25, 0.3) is 0 Å². The fourth-order valence-corrected chi connectivity index (χ4v) is 3.97. The van der Waals surface area contributed by atoms with Crippen molar-refractivity contribution in [1.82, 2.24) is 25.1 Å². The Hall–Kier alpha value is -2.54. The number of amides is 1. The summed E-state index contributed by atoms with van der Waals surface area (Å²) < 4.78 is 1.57. The molecule has 0 bridgehead atoms. The fourth-order valence-electron chi connectivity index (χ4n) is 3.28. The number of benzene rings is 1. The second kappa shape index (κ2) is 6.16. The highest BCUT2D eigenvalue weighted by molar-refractivity contribution is 7.09. The number of hydrogen-bond donors (Lipinski definition) is 0. The molecule has 122 valence electrons. The predicted molar refractivity (Wildman–Crippen MR) is 90.5 cm³/mol. The minimum Gasteiger partial charge on any atom is -0.331 e. The number of aryl methyl sites for hydroxylation is 1. The average molecular weight is 339 g/mol. The van der Waals surface area contributed by atoms with Gasteiger partial charge >= 0.3 is 0 Å². The quantitative estimate of drug-likeness (QED) is 0.670. The van der Waals surface area contributed by atoms with Crippen LogP contribution in [0.3, 0.4) is 0 Å². The number of carbonyl (C=O) groups excluding carboxylic acids is 1. The van der Waals surface area contributed by atoms with Gasteiger partial charge in [-0.2, -0.15) is 0 Å². The Labute approximate surface area is 143 Å². The van der Waals surface area contributed by atoms with Crippen molar-refractivity contribution in [2.75, 3.05) is 6.54 Å². The standard InChI is InChI=1S/C17H17N5OS/c1-12-5-2-3-7-14(12)15-16(22-11-18-19-20-22)17(23)21(15)9-8-13-6-4-10-24-13/h2-7,10-11,15-16H,8-9H2,1H3/t15-,16+/m1/s1. The van der Waals surface area contributed by atoms with E-state index in [-0.39, 0.29) is 18.0 Å². The van der Waals surface area contributed by atoms with Crippen LogP contribution in [-0.2, 0) is 11.2 Å². The molecule has 0 N–H and O–H groups in total. The number of β-lactam (4-membered cyclic amide) rings is 1. The van der Waals surface area contributed by atoms with Crippen LogP contribution in [0.5, 0.6) is 0 Å². The molecular formula is C17H17N5OS. The zero-order chi connectivity index (χ0) is 16.5. The van der Waals surface area contributed by atoms with Crippen LogP contribution in [0, 0.1) is 6.92 Å². The monoisotopic (exact) mass is 339 g/mol. The van der Waals surface area contributed by atoms with Crippen molar-refractivity contribution < 1.29 is 4.79 Å². The smallest absolute Gasteiger partial charge is 0.250 e. The van der Waals surface area contributed by atoms with Crippen molar-refractivity contribution in [2.24, 2.45) is 0 Å². The molecule has 1 aliphatic rings. The number of hydrogen-bond acceptors (Lipinski definition) is 5. The van der Waals surface area contributed by atoms with Gasteiger partial charge in [-0.1, -0.05) is 30.3 Å². The molecule has 3 aromatic rings. The summed E-state index contributed by atoms with van der Waals surface area (Å²) in [4.78, 5) is 16.0. The maximum Gasteiger partial charge on any atom is 0.250 e. The van der Waals surface area contributed by atoms with Crippen LogP contribution in [0.4, 0.5) is 0 Å². The minimum atomic E-state index is -0.357. The molecule has 3 heterocycles. The van der Waals surface area contributed by atoms with Crippen molar-refractivity contribution in [3.8, 4) is 0 Å². The fraction of sp³-hybridized carbons (Fsp3) is 0.294. The van der Waals surface area contributed by atoms with E-state index in [0.29, 0.717) is 6.54 Å². The van der Waals surface area contributed by atoms with Crippen LogP contribution >= 0.6 is 11.3 Å². The summed E-state index contributed by atoms with van der Waals surface area (Å²) in [5.74, 6) is 0.0760. The van der Waals surface area contributed by atoms with E-state index in [9.17, 15) is 4.79 Å². The van der Waals surface area contributed by atoms with Crippen molar-refractivity contribution in [3.05, 3.63) is 64.1 Å². The van der Waals surface area contributed by atoms with E-state index in [0.717, 1.165) is 12.0 Å². The molecule has 1 amide bonds. The zero-order valence-corrected chi connectivity index (χ0v) is 14.1. The molecule has 24 heavy (non-hydrogen) atoms. The van der Waals surface area contributed by atoms with Crippen LogP contribution in [-0.4, -0.2) is 37.6 Å². The van der Waals surface area contributed by atoms with Gasteiger partial charge in [-0.05, 0) is 46.3 Å². The SMILES string of the molecule is Cc1ccccc1[C@@H]1[C@H](n2cnnn2)C(=O)N1CCc1cccs1. The first-order valence-electron chi connectivity index (χ1n) is 7.86. The Balaban J connectivity index is 1.63. The van der Waals surface area contributed by atoms with Gasteiger partial charge in [-0.25, -0.2) is 4.68 Å². The maximum atomic E-state index is 12.7. The molecule has 0 unspecified atom stereocenters. The van der Waals surface area contributed by atoms with E-state index >= 15 is 0 Å². The van der Waals surface area contributed by atoms with Gasteiger partial charge < -0.3 is 4.90 Å². The highest BCUT2D eigenvalue weighted by Gasteiger charge is 2.50. The lowest BCUT2D eigenvalue weighted by atomic mass is 9.86. The Morgan fingerprint density at radius 1 is 1.17 bits per heavy atom. The number of tetrazole rings is 1. The largest absolute Gasteiger partial charge is 0.331 e. The second-order valence-electron chi connectivity index (χ2n) is 5.90. The molecule has 6 nitrogen and oxygen atoms in total. The summed E-state index contributed by atoms with van der Waals surface area (Å²) >= 11 is 1.72. The molecular weight excluding hydrogens is 322 g/mol. The zero-order valence-electron chi connectivity index (χ0n) is 13.2. The van der Waals surface area contributed by atoms with E-state index in [1.54, 1.807) is 16.0 Å². The van der Waals surface area contributed by atoms with Gasteiger partial charge in [-0.15, -0.1) is 16.4 Å². The third kappa shape index (κ3) is 2.50. The van der Waals surface area contributed by atoms with Crippen molar-refractivity contribution >= 4 is 17.2 Å². The number of carbonyl (C=O) groups is 1. The summed E-state index contributed by atoms with van der Waals surface area (Å²) in [6, 6.07) is 12.0. The summed E-state index contributed by atoms with van der Waals surface area (Å²) in [5.41, 5.74) is 2.33. The minimum absolute atomic E-state index is 0.0258. The molecule has 1 fully saturated rings. The summed E-state index contributed by atoms with van der Waals surface area (Å²) in [7, 11) is 0. The topological polar surface area (TPSA) is 63.9 Å². The average Bonchev–Trinajstić information content (AvgIpc) is 3.27. The van der Waals surface area contributed by atoms with Crippen molar-refractivity contribution in [1.29, 1.82) is 0 Å². The highest BCUT2D eigenvalue weighted by atomic mass is 32.1. The molecule has 0 spiro atoms. The number of likely N-dealkylation sites (tertiary alicyclic amines) is 1. The van der Waals surface area contributed by atoms with Gasteiger partial charge in [0.05, 0.1) is 6.04 Å². The molecule has 0 radical (unpaired) electrons. The molecule has 1 aromatic carbocycles. The van der Waals surface area contributed by atoms with Gasteiger partial charge in [0.25, 0.3) is 5.91 Å². The summed E-state index contributed by atoms with van der Waals surface area (Å²) in [6.07, 6.45) is 2.39. The first-order valence-corrected chi connectivity index (χ1v) is 8.74. The Bertz CT molecular complexity index is 831. The first kappa shape index (κ1) is 15.0. The van der Waals surface area contributed by atoms with Crippen LogP contribution < -0.4 is 0 Å². The van der Waals surface area contributed by atoms with Gasteiger partial charge in [0.1, 0.15) is 6.33 Å². The van der Waals surface area contributed by atoms with E-state index in [1.807, 2.05) is 23.1 Å². The number of nitrogens with zero attached hydrogens (tertiary/aromatic N) is 5. The lowest BCUT2D eigenvalue weighted by Crippen LogP contribution is -2.56. The first-order chi connectivity index (χ1) is 11.8. The second-order valence-corrected chi connectivity index (χ2v) is 6.93. The van der Waals surface area contributed by atoms with Gasteiger partial charge in [0, 0.05) is 11.4 Å². The van der Waals surface area contributed by atoms with E-state index in [2.05, 4.69) is 46.0 Å². The third-order valence-corrected chi connectivity index (χ3v) is 5.44. The Morgan fingerprint density at radius 3 is 2.75 bits per heavy atom. The van der Waals surface area contributed by atoms with Crippen molar-refractivity contribution in [2.45, 2.75) is 25.4 Å². The lowest BCUT2D eigenvalue weighted by molar-refractivity contribution is -0.155. The lowest BCUT2D eigenvalue weighted by Gasteiger charge is -2.47. The Morgan fingerprint density at radius 2 is 2.04 bits per heavy atom. The van der Waals surface area contributed by atoms with Gasteiger partial charge in [0.15, 0.2) is 6.04 Å². The number of thiophene rings is 1. The van der Waals surface area contributed by atoms with Gasteiger partial charge in [-0.3, -0.25) is 4.79 Å². The molecule has 1 saturated heterocycles. The summed E-state index contributed by atoms with van der Waals surface area (Å²) in [6.45, 7) is 2.78. The molecule has 0 aliphatic carbocycles. The molecule has 1 aliphatic heterocycles. The van der Waals surface area contributed by atoms with Crippen molar-refractivity contribution in [3.63, 3.8) is 0 Å². The van der Waals surface area contributed by atoms with E-state index < -0.39 is 0 Å². The maximum absolute atomic E-state index is 12.7. The highest BCUT2D eigenvalue weighted by Crippen LogP contribution is 2.43. The third-order valence-electron chi connectivity index (χ3n) is 4.51.